The minimum atomic E-state index is 0.871. The van der Waals surface area contributed by atoms with Gasteiger partial charge in [0.15, 0.2) is 0 Å². The maximum Gasteiger partial charge on any atom is 0.126 e. The summed E-state index contributed by atoms with van der Waals surface area (Å²) in [4.78, 5) is 0. The molecule has 1 radical (unpaired) electrons. The van der Waals surface area contributed by atoms with Gasteiger partial charge in [-0.3, -0.25) is 0 Å². The van der Waals surface area contributed by atoms with Crippen LogP contribution in [0.5, 0.6) is 5.75 Å². The molecule has 75 valence electrons. The van der Waals surface area contributed by atoms with Crippen molar-refractivity contribution in [3.05, 3.63) is 42.7 Å². The van der Waals surface area contributed by atoms with E-state index in [4.69, 9.17) is 4.74 Å². The van der Waals surface area contributed by atoms with Crippen molar-refractivity contribution in [2.24, 2.45) is 0 Å². The van der Waals surface area contributed by atoms with Crippen LogP contribution in [-0.2, 0) is 0 Å². The molecule has 0 fully saturated rings. The highest BCUT2D eigenvalue weighted by atomic mass is 16.5. The monoisotopic (exact) mass is 189 g/mol. The molecule has 1 nitrogen and oxygen atoms in total. The van der Waals surface area contributed by atoms with E-state index >= 15 is 0 Å². The quantitative estimate of drug-likeness (QED) is 0.486. The van der Waals surface area contributed by atoms with Gasteiger partial charge in [-0.25, -0.2) is 0 Å². The molecule has 1 heteroatoms. The Balaban J connectivity index is 2.14. The molecule has 0 aliphatic rings. The lowest BCUT2D eigenvalue weighted by Crippen LogP contribution is -1.80. The first-order chi connectivity index (χ1) is 6.93. The number of benzene rings is 1. The van der Waals surface area contributed by atoms with E-state index in [-0.39, 0.29) is 0 Å². The minimum Gasteiger partial charge on any atom is -0.465 e. The van der Waals surface area contributed by atoms with Crippen LogP contribution in [0.2, 0.25) is 0 Å². The van der Waals surface area contributed by atoms with Gasteiger partial charge in [0.25, 0.3) is 0 Å². The van der Waals surface area contributed by atoms with Crippen LogP contribution in [-0.4, -0.2) is 0 Å². The summed E-state index contributed by atoms with van der Waals surface area (Å²) in [6.07, 6.45) is 8.76. The second-order valence-electron chi connectivity index (χ2n) is 3.22. The number of hydrogen-bond donors (Lipinski definition) is 0. The highest BCUT2D eigenvalue weighted by Gasteiger charge is 1.86. The zero-order valence-corrected chi connectivity index (χ0v) is 8.70. The van der Waals surface area contributed by atoms with Gasteiger partial charge in [-0.15, -0.1) is 0 Å². The number of unbranched alkanes of at least 4 members (excludes halogenated alkanes) is 3. The normalized spacial score (nSPS) is 10.6. The van der Waals surface area contributed by atoms with Gasteiger partial charge in [0.1, 0.15) is 5.75 Å². The van der Waals surface area contributed by atoms with Crippen LogP contribution in [0, 0.1) is 6.07 Å². The SMILES string of the molecule is CCCCC/C=C/Oc1cc[c]cc1. The molecule has 1 aromatic rings. The number of allylic oxidation sites excluding steroid dienone is 1. The molecule has 0 spiro atoms. The van der Waals surface area contributed by atoms with Gasteiger partial charge in [0, 0.05) is 0 Å². The van der Waals surface area contributed by atoms with Crippen LogP contribution in [0.1, 0.15) is 32.6 Å². The predicted octanol–water partition coefficient (Wildman–Crippen LogP) is 3.96. The fourth-order valence-corrected chi connectivity index (χ4v) is 1.16. The maximum absolute atomic E-state index is 5.39. The Labute approximate surface area is 86.4 Å². The summed E-state index contributed by atoms with van der Waals surface area (Å²) < 4.78 is 5.39. The van der Waals surface area contributed by atoms with Crippen LogP contribution in [0.3, 0.4) is 0 Å². The van der Waals surface area contributed by atoms with Crippen molar-refractivity contribution in [3.8, 4) is 5.75 Å². The van der Waals surface area contributed by atoms with E-state index in [0.717, 1.165) is 12.2 Å². The number of ether oxygens (including phenoxy) is 1. The molecule has 14 heavy (non-hydrogen) atoms. The standard InChI is InChI=1S/C13H17O/c1-2-3-4-5-9-12-14-13-10-7-6-8-11-13/h7-12H,2-5H2,1H3/b12-9+. The third-order valence-electron chi connectivity index (χ3n) is 1.96. The molecular weight excluding hydrogens is 172 g/mol. The lowest BCUT2D eigenvalue weighted by atomic mass is 10.2. The first-order valence-electron chi connectivity index (χ1n) is 5.21. The number of rotatable bonds is 6. The maximum atomic E-state index is 5.39. The highest BCUT2D eigenvalue weighted by molar-refractivity contribution is 5.21. The molecule has 0 amide bonds. The summed E-state index contributed by atoms with van der Waals surface area (Å²) in [6, 6.07) is 10.4. The highest BCUT2D eigenvalue weighted by Crippen LogP contribution is 2.08. The Morgan fingerprint density at radius 2 is 2.07 bits per heavy atom. The Hall–Kier alpha value is -1.24. The number of hydrogen-bond acceptors (Lipinski definition) is 1. The van der Waals surface area contributed by atoms with Gasteiger partial charge >= 0.3 is 0 Å². The van der Waals surface area contributed by atoms with Gasteiger partial charge < -0.3 is 4.74 Å². The van der Waals surface area contributed by atoms with Crippen molar-refractivity contribution in [2.75, 3.05) is 0 Å². The zero-order valence-electron chi connectivity index (χ0n) is 8.70. The van der Waals surface area contributed by atoms with Gasteiger partial charge in [-0.2, -0.15) is 0 Å². The fourth-order valence-electron chi connectivity index (χ4n) is 1.16. The Bertz CT molecular complexity index is 251. The van der Waals surface area contributed by atoms with Crippen molar-refractivity contribution in [2.45, 2.75) is 32.6 Å². The molecule has 1 rings (SSSR count). The third kappa shape index (κ3) is 4.70. The van der Waals surface area contributed by atoms with Crippen molar-refractivity contribution < 1.29 is 4.74 Å². The predicted molar refractivity (Wildman–Crippen MR) is 59.2 cm³/mol. The van der Waals surface area contributed by atoms with Gasteiger partial charge in [-0.1, -0.05) is 31.9 Å². The van der Waals surface area contributed by atoms with Crippen molar-refractivity contribution in [1.82, 2.24) is 0 Å². The Kier molecular flexibility index (Phi) is 5.57. The van der Waals surface area contributed by atoms with Crippen molar-refractivity contribution >= 4 is 0 Å². The average Bonchev–Trinajstić information content (AvgIpc) is 2.25. The van der Waals surface area contributed by atoms with Gasteiger partial charge in [-0.05, 0) is 37.1 Å². The second kappa shape index (κ2) is 7.19. The van der Waals surface area contributed by atoms with Crippen LogP contribution >= 0.6 is 0 Å². The molecule has 0 bridgehead atoms. The smallest absolute Gasteiger partial charge is 0.126 e. The van der Waals surface area contributed by atoms with Crippen LogP contribution < -0.4 is 4.74 Å². The molecule has 1 aromatic carbocycles. The van der Waals surface area contributed by atoms with Crippen LogP contribution in [0.15, 0.2) is 36.6 Å². The minimum absolute atomic E-state index is 0.871. The largest absolute Gasteiger partial charge is 0.465 e. The topological polar surface area (TPSA) is 9.23 Å². The van der Waals surface area contributed by atoms with Crippen LogP contribution in [0.25, 0.3) is 0 Å². The summed E-state index contributed by atoms with van der Waals surface area (Å²) in [5, 5.41) is 0. The van der Waals surface area contributed by atoms with E-state index < -0.39 is 0 Å². The van der Waals surface area contributed by atoms with E-state index in [9.17, 15) is 0 Å². The molecule has 0 aromatic heterocycles. The third-order valence-corrected chi connectivity index (χ3v) is 1.96. The van der Waals surface area contributed by atoms with E-state index in [1.807, 2.05) is 24.3 Å². The zero-order chi connectivity index (χ0) is 10.1. The molecule has 0 aliphatic heterocycles. The van der Waals surface area contributed by atoms with Crippen LogP contribution in [0.4, 0.5) is 0 Å². The lowest BCUT2D eigenvalue weighted by Gasteiger charge is -1.97. The summed E-state index contributed by atoms with van der Waals surface area (Å²) in [6.45, 7) is 2.21. The summed E-state index contributed by atoms with van der Waals surface area (Å²) in [7, 11) is 0. The summed E-state index contributed by atoms with van der Waals surface area (Å²) in [5.41, 5.74) is 0. The molecular formula is C13H17O. The fraction of sp³-hybridized carbons (Fsp3) is 0.385. The molecule has 0 saturated heterocycles. The molecule has 0 saturated carbocycles. The Morgan fingerprint density at radius 1 is 1.29 bits per heavy atom. The summed E-state index contributed by atoms with van der Waals surface area (Å²) >= 11 is 0. The molecule has 0 unspecified atom stereocenters. The molecule has 0 N–H and O–H groups in total. The van der Waals surface area contributed by atoms with Gasteiger partial charge in [0.05, 0.1) is 6.26 Å². The van der Waals surface area contributed by atoms with Gasteiger partial charge in [0.2, 0.25) is 0 Å². The molecule has 0 atom stereocenters. The second-order valence-corrected chi connectivity index (χ2v) is 3.22. The van der Waals surface area contributed by atoms with E-state index in [1.165, 1.54) is 19.3 Å². The van der Waals surface area contributed by atoms with Crippen molar-refractivity contribution in [1.29, 1.82) is 0 Å². The Morgan fingerprint density at radius 3 is 2.79 bits per heavy atom. The van der Waals surface area contributed by atoms with E-state index in [0.29, 0.717) is 0 Å². The first-order valence-corrected chi connectivity index (χ1v) is 5.21. The van der Waals surface area contributed by atoms with Crippen molar-refractivity contribution in [3.63, 3.8) is 0 Å². The molecule has 0 heterocycles. The van der Waals surface area contributed by atoms with E-state index in [2.05, 4.69) is 19.1 Å². The average molecular weight is 189 g/mol. The summed E-state index contributed by atoms with van der Waals surface area (Å²) in [5.74, 6) is 0.871. The lowest BCUT2D eigenvalue weighted by molar-refractivity contribution is 0.478. The first kappa shape index (κ1) is 10.8. The molecule has 0 aliphatic carbocycles. The van der Waals surface area contributed by atoms with E-state index in [1.54, 1.807) is 6.26 Å².